The molecule has 2 rings (SSSR count). The lowest BCUT2D eigenvalue weighted by atomic mass is 10.1. The van der Waals surface area contributed by atoms with Crippen molar-refractivity contribution in [2.24, 2.45) is 4.99 Å². The number of benzene rings is 1. The van der Waals surface area contributed by atoms with Crippen LogP contribution in [-0.2, 0) is 0 Å². The molecule has 0 N–H and O–H groups in total. The predicted octanol–water partition coefficient (Wildman–Crippen LogP) is 4.77. The third-order valence-corrected chi connectivity index (χ3v) is 4.16. The van der Waals surface area contributed by atoms with Gasteiger partial charge < -0.3 is 0 Å². The second-order valence-electron chi connectivity index (χ2n) is 4.95. The van der Waals surface area contributed by atoms with Gasteiger partial charge in [0.15, 0.2) is 0 Å². The molecular formula is C16H15BrFN3S. The number of nitrogens with zero attached hydrogens (tertiary/aromatic N) is 3. The number of fused-ring (bicyclic) bond motifs is 1. The Balaban J connectivity index is 2.89. The van der Waals surface area contributed by atoms with E-state index in [1.165, 1.54) is 6.07 Å². The Morgan fingerprint density at radius 3 is 2.73 bits per heavy atom. The van der Waals surface area contributed by atoms with E-state index in [-0.39, 0.29) is 0 Å². The van der Waals surface area contributed by atoms with Crippen LogP contribution in [0.2, 0.25) is 0 Å². The quantitative estimate of drug-likeness (QED) is 0.437. The zero-order valence-corrected chi connectivity index (χ0v) is 15.0. The van der Waals surface area contributed by atoms with Crippen LogP contribution in [0.3, 0.4) is 0 Å². The lowest BCUT2D eigenvalue weighted by Gasteiger charge is -2.11. The molecule has 114 valence electrons. The predicted molar refractivity (Wildman–Crippen MR) is 95.3 cm³/mol. The molecule has 1 heterocycles. The van der Waals surface area contributed by atoms with E-state index in [0.29, 0.717) is 38.4 Å². The third kappa shape index (κ3) is 2.83. The molecule has 0 fully saturated rings. The lowest BCUT2D eigenvalue weighted by molar-refractivity contribution is 0.623. The van der Waals surface area contributed by atoms with Crippen LogP contribution in [0.5, 0.6) is 0 Å². The number of aromatic nitrogens is 1. The number of nitriles is 1. The van der Waals surface area contributed by atoms with Gasteiger partial charge in [-0.15, -0.1) is 0 Å². The van der Waals surface area contributed by atoms with Gasteiger partial charge in [-0.2, -0.15) is 5.26 Å². The van der Waals surface area contributed by atoms with Crippen molar-refractivity contribution in [3.8, 4) is 6.07 Å². The maximum absolute atomic E-state index is 13.8. The van der Waals surface area contributed by atoms with Crippen molar-refractivity contribution in [3.05, 3.63) is 33.7 Å². The van der Waals surface area contributed by atoms with Gasteiger partial charge >= 0.3 is 0 Å². The Kier molecular flexibility index (Phi) is 5.09. The molecule has 0 radical (unpaired) electrons. The minimum atomic E-state index is -0.396. The molecule has 0 saturated heterocycles. The van der Waals surface area contributed by atoms with Crippen LogP contribution in [0.4, 0.5) is 4.39 Å². The molecule has 0 atom stereocenters. The van der Waals surface area contributed by atoms with Crippen LogP contribution in [-0.4, -0.2) is 21.8 Å². The minimum Gasteiger partial charge on any atom is -0.296 e. The van der Waals surface area contributed by atoms with Gasteiger partial charge in [0.25, 0.3) is 0 Å². The van der Waals surface area contributed by atoms with E-state index < -0.39 is 5.82 Å². The first-order chi connectivity index (χ1) is 10.4. The lowest BCUT2D eigenvalue weighted by Crippen LogP contribution is -2.21. The number of thiocarbonyl (C=S) groups is 1. The van der Waals surface area contributed by atoms with Gasteiger partial charge in [0, 0.05) is 17.6 Å². The van der Waals surface area contributed by atoms with E-state index in [1.54, 1.807) is 13.0 Å². The van der Waals surface area contributed by atoms with Gasteiger partial charge in [-0.05, 0) is 48.3 Å². The van der Waals surface area contributed by atoms with Crippen molar-refractivity contribution >= 4 is 49.8 Å². The number of hydrogen-bond donors (Lipinski definition) is 0. The summed E-state index contributed by atoms with van der Waals surface area (Å²) in [7, 11) is 0. The van der Waals surface area contributed by atoms with Crippen molar-refractivity contribution in [1.29, 1.82) is 5.26 Å². The zero-order chi connectivity index (χ0) is 16.4. The van der Waals surface area contributed by atoms with Crippen molar-refractivity contribution in [3.63, 3.8) is 0 Å². The summed E-state index contributed by atoms with van der Waals surface area (Å²) >= 11 is 8.52. The van der Waals surface area contributed by atoms with Crippen molar-refractivity contribution < 1.29 is 4.39 Å². The van der Waals surface area contributed by atoms with Gasteiger partial charge in [0.05, 0.1) is 20.4 Å². The fourth-order valence-corrected chi connectivity index (χ4v) is 2.87. The molecule has 0 unspecified atom stereocenters. The SMILES string of the molecule is CCCN=C(C(C)=S)n1c(C)c(C#N)c2cc(F)c(Br)cc21. The van der Waals surface area contributed by atoms with Gasteiger partial charge in [-0.1, -0.05) is 19.1 Å². The monoisotopic (exact) mass is 379 g/mol. The van der Waals surface area contributed by atoms with Crippen molar-refractivity contribution in [2.75, 3.05) is 6.54 Å². The molecule has 1 aromatic carbocycles. The highest BCUT2D eigenvalue weighted by Crippen LogP contribution is 2.30. The average molecular weight is 380 g/mol. The number of aliphatic imine (C=N–C) groups is 1. The second-order valence-corrected chi connectivity index (χ2v) is 6.42. The van der Waals surface area contributed by atoms with E-state index in [0.717, 1.165) is 11.9 Å². The maximum atomic E-state index is 13.8. The van der Waals surface area contributed by atoms with E-state index in [2.05, 4.69) is 27.0 Å². The standard InChI is InChI=1S/C16H15BrFN3S/c1-4-5-20-16(10(3)22)21-9(2)12(8-19)11-6-14(18)13(17)7-15(11)21/h6-7H,4-5H2,1-3H3. The van der Waals surface area contributed by atoms with Crippen LogP contribution in [0.15, 0.2) is 21.6 Å². The molecule has 1 aromatic heterocycles. The third-order valence-electron chi connectivity index (χ3n) is 3.37. The van der Waals surface area contributed by atoms with Crippen LogP contribution >= 0.6 is 28.1 Å². The first kappa shape index (κ1) is 16.8. The van der Waals surface area contributed by atoms with Crippen LogP contribution in [0.1, 0.15) is 31.5 Å². The Labute approximate surface area is 142 Å². The van der Waals surface area contributed by atoms with E-state index in [4.69, 9.17) is 12.2 Å². The first-order valence-corrected chi connectivity index (χ1v) is 8.08. The molecule has 0 saturated carbocycles. The highest BCUT2D eigenvalue weighted by molar-refractivity contribution is 9.10. The average Bonchev–Trinajstić information content (AvgIpc) is 2.72. The molecule has 0 aliphatic carbocycles. The summed E-state index contributed by atoms with van der Waals surface area (Å²) in [6, 6.07) is 5.19. The summed E-state index contributed by atoms with van der Waals surface area (Å²) in [5.74, 6) is 0.242. The molecular weight excluding hydrogens is 365 g/mol. The zero-order valence-electron chi connectivity index (χ0n) is 12.6. The second kappa shape index (κ2) is 6.67. The van der Waals surface area contributed by atoms with Gasteiger partial charge in [-0.25, -0.2) is 4.39 Å². The summed E-state index contributed by atoms with van der Waals surface area (Å²) in [4.78, 5) is 5.18. The molecule has 2 aromatic rings. The molecule has 0 aliphatic rings. The molecule has 0 aliphatic heterocycles. The highest BCUT2D eigenvalue weighted by Gasteiger charge is 2.20. The van der Waals surface area contributed by atoms with Crippen LogP contribution < -0.4 is 0 Å². The summed E-state index contributed by atoms with van der Waals surface area (Å²) in [6.07, 6.45) is 0.897. The normalized spacial score (nSPS) is 11.7. The van der Waals surface area contributed by atoms with E-state index in [1.807, 2.05) is 18.4 Å². The molecule has 6 heteroatoms. The summed E-state index contributed by atoms with van der Waals surface area (Å²) in [5.41, 5.74) is 1.89. The maximum Gasteiger partial charge on any atom is 0.146 e. The largest absolute Gasteiger partial charge is 0.296 e. The molecule has 0 spiro atoms. The number of hydrogen-bond acceptors (Lipinski definition) is 3. The summed E-state index contributed by atoms with van der Waals surface area (Å²) in [6.45, 7) is 6.31. The van der Waals surface area contributed by atoms with Crippen LogP contribution in [0.25, 0.3) is 10.9 Å². The van der Waals surface area contributed by atoms with E-state index >= 15 is 0 Å². The Morgan fingerprint density at radius 2 is 2.18 bits per heavy atom. The van der Waals surface area contributed by atoms with Gasteiger partial charge in [-0.3, -0.25) is 9.56 Å². The first-order valence-electron chi connectivity index (χ1n) is 6.88. The molecule has 22 heavy (non-hydrogen) atoms. The fraction of sp³-hybridized carbons (Fsp3) is 0.312. The highest BCUT2D eigenvalue weighted by atomic mass is 79.9. The summed E-state index contributed by atoms with van der Waals surface area (Å²) < 4.78 is 16.0. The minimum absolute atomic E-state index is 0.347. The molecule has 3 nitrogen and oxygen atoms in total. The van der Waals surface area contributed by atoms with E-state index in [9.17, 15) is 9.65 Å². The van der Waals surface area contributed by atoms with Gasteiger partial charge in [0.2, 0.25) is 0 Å². The van der Waals surface area contributed by atoms with Crippen molar-refractivity contribution in [2.45, 2.75) is 27.2 Å². The topological polar surface area (TPSA) is 41.1 Å². The molecule has 0 amide bonds. The summed E-state index contributed by atoms with van der Waals surface area (Å²) in [5, 5.41) is 9.99. The fourth-order valence-electron chi connectivity index (χ4n) is 2.38. The van der Waals surface area contributed by atoms with Gasteiger partial charge in [0.1, 0.15) is 17.7 Å². The Morgan fingerprint density at radius 1 is 1.50 bits per heavy atom. The molecule has 0 bridgehead atoms. The smallest absolute Gasteiger partial charge is 0.146 e. The number of halogens is 2. The van der Waals surface area contributed by atoms with Crippen LogP contribution in [0, 0.1) is 24.1 Å². The van der Waals surface area contributed by atoms with Crippen molar-refractivity contribution in [1.82, 2.24) is 4.57 Å². The Hall–Kier alpha value is -1.58. The Bertz CT molecular complexity index is 830. The number of rotatable bonds is 3.